The number of hydrogen-bond acceptors (Lipinski definition) is 6. The minimum atomic E-state index is -3.37. The van der Waals surface area contributed by atoms with Gasteiger partial charge in [0, 0.05) is 7.11 Å². The van der Waals surface area contributed by atoms with Gasteiger partial charge in [0.25, 0.3) is 0 Å². The molecule has 0 aromatic heterocycles. The van der Waals surface area contributed by atoms with Gasteiger partial charge in [-0.1, -0.05) is 6.58 Å². The van der Waals surface area contributed by atoms with E-state index in [1.165, 1.54) is 7.11 Å². The normalized spacial score (nSPS) is 11.4. The lowest BCUT2D eigenvalue weighted by Crippen LogP contribution is -2.47. The molecule has 0 atom stereocenters. The lowest BCUT2D eigenvalue weighted by Gasteiger charge is -2.21. The largest absolute Gasteiger partial charge is 0.805 e. The third kappa shape index (κ3) is 4.70. The molecule has 84 valence electrons. The summed E-state index contributed by atoms with van der Waals surface area (Å²) in [7, 11) is -2.01. The van der Waals surface area contributed by atoms with Crippen LogP contribution in [0.25, 0.3) is 0 Å². The standard InChI is InChI=1S/C7H16O6Si/c1-5-9-12-14(8-4,11-7-3)13-10-6-2/h7H,3,5-6H2,1-2,4H3. The third-order valence-corrected chi connectivity index (χ3v) is 2.63. The van der Waals surface area contributed by atoms with Gasteiger partial charge in [-0.05, 0) is 13.8 Å². The van der Waals surface area contributed by atoms with Crippen molar-refractivity contribution in [2.24, 2.45) is 0 Å². The summed E-state index contributed by atoms with van der Waals surface area (Å²) in [6.45, 7) is 7.56. The smallest absolute Gasteiger partial charge is 0.485 e. The molecule has 0 aliphatic carbocycles. The zero-order valence-electron chi connectivity index (χ0n) is 8.65. The lowest BCUT2D eigenvalue weighted by atomic mass is 10.9. The van der Waals surface area contributed by atoms with Crippen molar-refractivity contribution in [3.63, 3.8) is 0 Å². The third-order valence-electron chi connectivity index (χ3n) is 1.04. The molecule has 0 aromatic carbocycles. The number of rotatable bonds is 9. The average Bonchev–Trinajstić information content (AvgIpc) is 2.22. The van der Waals surface area contributed by atoms with Crippen molar-refractivity contribution >= 4 is 9.05 Å². The molecule has 0 aliphatic heterocycles. The maximum Gasteiger partial charge on any atom is 0.805 e. The molecule has 0 aromatic rings. The highest BCUT2D eigenvalue weighted by Gasteiger charge is 2.51. The van der Waals surface area contributed by atoms with E-state index in [1.807, 2.05) is 0 Å². The van der Waals surface area contributed by atoms with Gasteiger partial charge in [-0.25, -0.2) is 9.78 Å². The SMILES string of the molecule is C=CO[Si](OC)(OOCC)OOCC. The topological polar surface area (TPSA) is 55.4 Å². The van der Waals surface area contributed by atoms with Crippen LogP contribution in [0.3, 0.4) is 0 Å². The minimum absolute atomic E-state index is 0.341. The fourth-order valence-corrected chi connectivity index (χ4v) is 1.60. The molecule has 7 heteroatoms. The fourth-order valence-electron chi connectivity index (χ4n) is 0.534. The van der Waals surface area contributed by atoms with E-state index in [9.17, 15) is 0 Å². The summed E-state index contributed by atoms with van der Waals surface area (Å²) in [5, 5.41) is 0. The molecule has 14 heavy (non-hydrogen) atoms. The van der Waals surface area contributed by atoms with E-state index in [0.29, 0.717) is 13.2 Å². The lowest BCUT2D eigenvalue weighted by molar-refractivity contribution is -0.331. The summed E-state index contributed by atoms with van der Waals surface area (Å²) in [5.41, 5.74) is 0. The highest BCUT2D eigenvalue weighted by atomic mass is 28.4. The molecule has 6 nitrogen and oxygen atoms in total. The second-order valence-corrected chi connectivity index (χ2v) is 3.95. The molecular formula is C7H16O6Si. The van der Waals surface area contributed by atoms with Crippen LogP contribution in [-0.4, -0.2) is 29.4 Å². The van der Waals surface area contributed by atoms with Gasteiger partial charge < -0.3 is 8.85 Å². The predicted molar refractivity (Wildman–Crippen MR) is 49.5 cm³/mol. The molecule has 0 spiro atoms. The van der Waals surface area contributed by atoms with Gasteiger partial charge in [0.1, 0.15) is 0 Å². The molecule has 0 rings (SSSR count). The Bertz CT molecular complexity index is 145. The summed E-state index contributed by atoms with van der Waals surface area (Å²) in [6.07, 6.45) is 1.15. The van der Waals surface area contributed by atoms with Gasteiger partial charge in [-0.15, -0.1) is 0 Å². The van der Waals surface area contributed by atoms with E-state index in [-0.39, 0.29) is 0 Å². The van der Waals surface area contributed by atoms with Gasteiger partial charge >= 0.3 is 9.05 Å². The molecule has 0 saturated heterocycles. The molecular weight excluding hydrogens is 208 g/mol. The van der Waals surface area contributed by atoms with Crippen LogP contribution in [0.4, 0.5) is 0 Å². The van der Waals surface area contributed by atoms with E-state index < -0.39 is 9.05 Å². The first-order valence-electron chi connectivity index (χ1n) is 4.19. The van der Waals surface area contributed by atoms with Crippen LogP contribution in [0.2, 0.25) is 0 Å². The molecule has 0 heterocycles. The maximum absolute atomic E-state index is 4.97. The highest BCUT2D eigenvalue weighted by molar-refractivity contribution is 6.53. The Morgan fingerprint density at radius 3 is 1.93 bits per heavy atom. The molecule has 0 amide bonds. The van der Waals surface area contributed by atoms with E-state index in [4.69, 9.17) is 27.8 Å². The Labute approximate surface area is 84.7 Å². The van der Waals surface area contributed by atoms with Gasteiger partial charge in [0.15, 0.2) is 0 Å². The van der Waals surface area contributed by atoms with Gasteiger partial charge in [-0.2, -0.15) is 9.15 Å². The molecule has 0 unspecified atom stereocenters. The Kier molecular flexibility index (Phi) is 7.66. The Hall–Kier alpha value is -0.443. The highest BCUT2D eigenvalue weighted by Crippen LogP contribution is 2.11. The van der Waals surface area contributed by atoms with Crippen molar-refractivity contribution in [1.82, 2.24) is 0 Å². The van der Waals surface area contributed by atoms with E-state index in [0.717, 1.165) is 6.26 Å². The van der Waals surface area contributed by atoms with Crippen LogP contribution in [0, 0.1) is 0 Å². The van der Waals surface area contributed by atoms with Crippen LogP contribution in [0.15, 0.2) is 12.8 Å². The van der Waals surface area contributed by atoms with E-state index >= 15 is 0 Å². The van der Waals surface area contributed by atoms with Gasteiger partial charge in [0.2, 0.25) is 0 Å². The van der Waals surface area contributed by atoms with Gasteiger partial charge in [-0.3, -0.25) is 0 Å². The van der Waals surface area contributed by atoms with Crippen molar-refractivity contribution in [2.75, 3.05) is 20.3 Å². The van der Waals surface area contributed by atoms with Crippen LogP contribution >= 0.6 is 0 Å². The van der Waals surface area contributed by atoms with Crippen molar-refractivity contribution in [1.29, 1.82) is 0 Å². The fraction of sp³-hybridized carbons (Fsp3) is 0.714. The maximum atomic E-state index is 4.97. The van der Waals surface area contributed by atoms with Crippen molar-refractivity contribution in [3.8, 4) is 0 Å². The summed E-state index contributed by atoms with van der Waals surface area (Å²) in [4.78, 5) is 9.40. The van der Waals surface area contributed by atoms with E-state index in [2.05, 4.69) is 6.58 Å². The molecule has 0 saturated carbocycles. The molecule has 0 radical (unpaired) electrons. The zero-order valence-corrected chi connectivity index (χ0v) is 9.65. The van der Waals surface area contributed by atoms with Crippen LogP contribution < -0.4 is 0 Å². The summed E-state index contributed by atoms with van der Waals surface area (Å²) < 4.78 is 19.6. The molecule has 0 fully saturated rings. The Morgan fingerprint density at radius 1 is 1.14 bits per heavy atom. The number of hydrogen-bond donors (Lipinski definition) is 0. The van der Waals surface area contributed by atoms with Crippen LogP contribution in [0.5, 0.6) is 0 Å². The predicted octanol–water partition coefficient (Wildman–Crippen LogP) is 1.16. The van der Waals surface area contributed by atoms with Crippen molar-refractivity contribution in [3.05, 3.63) is 12.8 Å². The minimum Gasteiger partial charge on any atom is -0.485 e. The summed E-state index contributed by atoms with van der Waals surface area (Å²) >= 11 is 0. The summed E-state index contributed by atoms with van der Waals surface area (Å²) in [5.74, 6) is 0. The second-order valence-electron chi connectivity index (χ2n) is 1.97. The Morgan fingerprint density at radius 2 is 1.64 bits per heavy atom. The quantitative estimate of drug-likeness (QED) is 0.253. The van der Waals surface area contributed by atoms with Crippen molar-refractivity contribution in [2.45, 2.75) is 13.8 Å². The summed E-state index contributed by atoms with van der Waals surface area (Å²) in [6, 6.07) is 0. The zero-order chi connectivity index (χ0) is 10.9. The first kappa shape index (κ1) is 13.6. The average molecular weight is 224 g/mol. The van der Waals surface area contributed by atoms with Gasteiger partial charge in [0.05, 0.1) is 19.5 Å². The van der Waals surface area contributed by atoms with E-state index in [1.54, 1.807) is 13.8 Å². The Balaban J connectivity index is 4.17. The first-order chi connectivity index (χ1) is 6.74. The van der Waals surface area contributed by atoms with Crippen LogP contribution in [-0.2, 0) is 27.8 Å². The van der Waals surface area contributed by atoms with Crippen LogP contribution in [0.1, 0.15) is 13.8 Å². The molecule has 0 aliphatic rings. The first-order valence-corrected chi connectivity index (χ1v) is 5.83. The monoisotopic (exact) mass is 224 g/mol. The molecule has 0 N–H and O–H groups in total. The van der Waals surface area contributed by atoms with Crippen molar-refractivity contribution < 1.29 is 27.8 Å². The molecule has 0 bridgehead atoms. The second kappa shape index (κ2) is 7.91.